The Morgan fingerprint density at radius 3 is 2.50 bits per heavy atom. The van der Waals surface area contributed by atoms with Crippen molar-refractivity contribution < 1.29 is 4.79 Å². The molecule has 1 heterocycles. The van der Waals surface area contributed by atoms with Crippen molar-refractivity contribution in [1.82, 2.24) is 4.98 Å². The number of pyridine rings is 1. The number of hydrogen-bond acceptors (Lipinski definition) is 2. The molecule has 0 saturated carbocycles. The van der Waals surface area contributed by atoms with Gasteiger partial charge in [0.2, 0.25) is 5.56 Å². The lowest BCUT2D eigenvalue weighted by atomic mass is 10.2. The molecule has 1 aromatic carbocycles. The van der Waals surface area contributed by atoms with Crippen molar-refractivity contribution in [3.05, 3.63) is 64.1 Å². The molecule has 0 bridgehead atoms. The monoisotopic (exact) mass is 262 g/mol. The van der Waals surface area contributed by atoms with Gasteiger partial charge in [-0.2, -0.15) is 0 Å². The summed E-state index contributed by atoms with van der Waals surface area (Å²) in [5, 5.41) is 2.68. The van der Waals surface area contributed by atoms with Gasteiger partial charge in [-0.3, -0.25) is 9.59 Å². The molecule has 2 rings (SSSR count). The van der Waals surface area contributed by atoms with E-state index in [0.717, 1.165) is 5.56 Å². The van der Waals surface area contributed by atoms with Crippen molar-refractivity contribution in [3.63, 3.8) is 0 Å². The molecular formula is C13H11ClN2O2. The Bertz CT molecular complexity index is 605. The summed E-state index contributed by atoms with van der Waals surface area (Å²) in [5.41, 5.74) is 1.55. The number of hydrogen-bond donors (Lipinski definition) is 2. The maximum absolute atomic E-state index is 11.8. The third kappa shape index (κ3) is 2.99. The first kappa shape index (κ1) is 12.4. The lowest BCUT2D eigenvalue weighted by Crippen LogP contribution is -2.17. The molecule has 0 radical (unpaired) electrons. The second kappa shape index (κ2) is 5.51. The molecule has 0 aliphatic rings. The minimum absolute atomic E-state index is 0.226. The number of anilines is 1. The van der Waals surface area contributed by atoms with Crippen molar-refractivity contribution in [2.75, 3.05) is 5.32 Å². The fourth-order valence-electron chi connectivity index (χ4n) is 1.46. The molecule has 4 nitrogen and oxygen atoms in total. The number of H-pyrrole nitrogens is 1. The van der Waals surface area contributed by atoms with E-state index < -0.39 is 0 Å². The van der Waals surface area contributed by atoms with Gasteiger partial charge in [-0.1, -0.05) is 18.2 Å². The molecule has 1 aromatic heterocycles. The molecule has 0 fully saturated rings. The van der Waals surface area contributed by atoms with E-state index >= 15 is 0 Å². The molecule has 5 heteroatoms. The predicted octanol–water partition coefficient (Wildman–Crippen LogP) is 2.37. The number of rotatable bonds is 3. The molecule has 92 valence electrons. The van der Waals surface area contributed by atoms with Gasteiger partial charge in [-0.25, -0.2) is 0 Å². The number of carbonyl (C=O) groups is 1. The van der Waals surface area contributed by atoms with E-state index in [-0.39, 0.29) is 17.2 Å². The quantitative estimate of drug-likeness (QED) is 0.834. The fraction of sp³-hybridized carbons (Fsp3) is 0.0769. The van der Waals surface area contributed by atoms with E-state index in [0.29, 0.717) is 11.6 Å². The van der Waals surface area contributed by atoms with Gasteiger partial charge in [-0.05, 0) is 23.8 Å². The molecule has 0 saturated heterocycles. The number of alkyl halides is 1. The number of nitrogens with one attached hydrogen (secondary N) is 2. The summed E-state index contributed by atoms with van der Waals surface area (Å²) < 4.78 is 0. The Balaban J connectivity index is 2.13. The molecule has 0 aliphatic carbocycles. The van der Waals surface area contributed by atoms with Crippen LogP contribution in [0.25, 0.3) is 0 Å². The van der Waals surface area contributed by atoms with Crippen LogP contribution >= 0.6 is 11.6 Å². The second-order valence-corrected chi connectivity index (χ2v) is 3.98. The first-order chi connectivity index (χ1) is 8.69. The van der Waals surface area contributed by atoms with Crippen LogP contribution in [-0.2, 0) is 5.88 Å². The number of amides is 1. The molecular weight excluding hydrogens is 252 g/mol. The van der Waals surface area contributed by atoms with Crippen LogP contribution in [0, 0.1) is 0 Å². The van der Waals surface area contributed by atoms with Crippen LogP contribution in [0.3, 0.4) is 0 Å². The van der Waals surface area contributed by atoms with Crippen molar-refractivity contribution >= 4 is 23.2 Å². The van der Waals surface area contributed by atoms with Crippen molar-refractivity contribution in [2.24, 2.45) is 0 Å². The summed E-state index contributed by atoms with van der Waals surface area (Å²) >= 11 is 5.67. The SMILES string of the molecule is O=C(Nc1ccc(CCl)cc1)c1cccc(=O)[nH]1. The standard InChI is InChI=1S/C13H11ClN2O2/c14-8-9-4-6-10(7-5-9)15-13(18)11-2-1-3-12(17)16-11/h1-7H,8H2,(H,15,18)(H,16,17). The average Bonchev–Trinajstić information content (AvgIpc) is 2.39. The van der Waals surface area contributed by atoms with Gasteiger partial charge in [-0.15, -0.1) is 11.6 Å². The fourth-order valence-corrected chi connectivity index (χ4v) is 1.63. The summed E-state index contributed by atoms with van der Waals surface area (Å²) in [6.07, 6.45) is 0. The van der Waals surface area contributed by atoms with E-state index in [1.165, 1.54) is 12.1 Å². The van der Waals surface area contributed by atoms with Gasteiger partial charge in [0.25, 0.3) is 5.91 Å². The van der Waals surface area contributed by atoms with E-state index in [1.54, 1.807) is 18.2 Å². The second-order valence-electron chi connectivity index (χ2n) is 3.71. The topological polar surface area (TPSA) is 62.0 Å². The van der Waals surface area contributed by atoms with Crippen molar-refractivity contribution in [1.29, 1.82) is 0 Å². The predicted molar refractivity (Wildman–Crippen MR) is 71.0 cm³/mol. The number of aromatic nitrogens is 1. The van der Waals surface area contributed by atoms with Gasteiger partial charge in [0.15, 0.2) is 0 Å². The normalized spacial score (nSPS) is 10.1. The van der Waals surface area contributed by atoms with E-state index in [4.69, 9.17) is 11.6 Å². The van der Waals surface area contributed by atoms with E-state index in [1.807, 2.05) is 12.1 Å². The van der Waals surface area contributed by atoms with Gasteiger partial charge >= 0.3 is 0 Å². The first-order valence-electron chi connectivity index (χ1n) is 5.34. The van der Waals surface area contributed by atoms with E-state index in [9.17, 15) is 9.59 Å². The van der Waals surface area contributed by atoms with Gasteiger partial charge < -0.3 is 10.3 Å². The molecule has 2 N–H and O–H groups in total. The average molecular weight is 263 g/mol. The van der Waals surface area contributed by atoms with Crippen molar-refractivity contribution in [2.45, 2.75) is 5.88 Å². The van der Waals surface area contributed by atoms with Crippen LogP contribution in [0.5, 0.6) is 0 Å². The van der Waals surface area contributed by atoms with E-state index in [2.05, 4.69) is 10.3 Å². The summed E-state index contributed by atoms with van der Waals surface area (Å²) in [4.78, 5) is 25.4. The zero-order chi connectivity index (χ0) is 13.0. The molecule has 18 heavy (non-hydrogen) atoms. The number of carbonyl (C=O) groups excluding carboxylic acids is 1. The molecule has 0 unspecified atom stereocenters. The lowest BCUT2D eigenvalue weighted by Gasteiger charge is -2.05. The van der Waals surface area contributed by atoms with Crippen LogP contribution in [0.2, 0.25) is 0 Å². The smallest absolute Gasteiger partial charge is 0.272 e. The summed E-state index contributed by atoms with van der Waals surface area (Å²) in [6, 6.07) is 11.6. The van der Waals surface area contributed by atoms with Gasteiger partial charge in [0.1, 0.15) is 5.69 Å². The summed E-state index contributed by atoms with van der Waals surface area (Å²) in [7, 11) is 0. The van der Waals surface area contributed by atoms with Crippen molar-refractivity contribution in [3.8, 4) is 0 Å². The maximum Gasteiger partial charge on any atom is 0.272 e. The zero-order valence-electron chi connectivity index (χ0n) is 9.44. The zero-order valence-corrected chi connectivity index (χ0v) is 10.2. The highest BCUT2D eigenvalue weighted by molar-refractivity contribution is 6.17. The highest BCUT2D eigenvalue weighted by atomic mass is 35.5. The van der Waals surface area contributed by atoms with Crippen LogP contribution < -0.4 is 10.9 Å². The molecule has 1 amide bonds. The number of halogens is 1. The Hall–Kier alpha value is -2.07. The first-order valence-corrected chi connectivity index (χ1v) is 5.88. The molecule has 0 atom stereocenters. The largest absolute Gasteiger partial charge is 0.321 e. The third-order valence-corrected chi connectivity index (χ3v) is 2.69. The van der Waals surface area contributed by atoms with Crippen LogP contribution in [-0.4, -0.2) is 10.9 Å². The Morgan fingerprint density at radius 2 is 1.89 bits per heavy atom. The third-order valence-electron chi connectivity index (χ3n) is 2.38. The maximum atomic E-state index is 11.8. The molecule has 2 aromatic rings. The Morgan fingerprint density at radius 1 is 1.17 bits per heavy atom. The Labute approximate surface area is 109 Å². The summed E-state index contributed by atoms with van der Waals surface area (Å²) in [5.74, 6) is 0.0755. The van der Waals surface area contributed by atoms with Crippen LogP contribution in [0.15, 0.2) is 47.3 Å². The molecule has 0 spiro atoms. The van der Waals surface area contributed by atoms with Crippen LogP contribution in [0.4, 0.5) is 5.69 Å². The highest BCUT2D eigenvalue weighted by Crippen LogP contribution is 2.11. The van der Waals surface area contributed by atoms with Gasteiger partial charge in [0, 0.05) is 17.6 Å². The highest BCUT2D eigenvalue weighted by Gasteiger charge is 2.06. The minimum Gasteiger partial charge on any atom is -0.321 e. The summed E-state index contributed by atoms with van der Waals surface area (Å²) in [6.45, 7) is 0. The Kier molecular flexibility index (Phi) is 3.79. The molecule has 0 aliphatic heterocycles. The number of benzene rings is 1. The van der Waals surface area contributed by atoms with Gasteiger partial charge in [0.05, 0.1) is 0 Å². The lowest BCUT2D eigenvalue weighted by molar-refractivity contribution is 0.102. The van der Waals surface area contributed by atoms with Crippen LogP contribution in [0.1, 0.15) is 16.1 Å². The number of aromatic amines is 1. The minimum atomic E-state index is -0.355.